The second-order valence-corrected chi connectivity index (χ2v) is 2.75. The van der Waals surface area contributed by atoms with Gasteiger partial charge in [-0.2, -0.15) is 0 Å². The van der Waals surface area contributed by atoms with Crippen molar-refractivity contribution in [1.82, 2.24) is 4.98 Å². The summed E-state index contributed by atoms with van der Waals surface area (Å²) in [6.07, 6.45) is 1.62. The fourth-order valence-corrected chi connectivity index (χ4v) is 1.19. The first kappa shape index (κ1) is 11.3. The lowest BCUT2D eigenvalue weighted by atomic mass is 10.2. The van der Waals surface area contributed by atoms with E-state index in [1.54, 1.807) is 12.3 Å². The van der Waals surface area contributed by atoms with Gasteiger partial charge in [0.1, 0.15) is 0 Å². The standard InChI is InChI=1S/C10H13NO4/c1-13-8-4-5-11-7(10(8)15-3)6-9(12)14-2/h4-5H,6H2,1-3H3. The van der Waals surface area contributed by atoms with Gasteiger partial charge in [0, 0.05) is 12.3 Å². The first-order valence-electron chi connectivity index (χ1n) is 4.35. The monoisotopic (exact) mass is 211 g/mol. The summed E-state index contributed by atoms with van der Waals surface area (Å²) in [7, 11) is 4.36. The third-order valence-corrected chi connectivity index (χ3v) is 1.91. The third-order valence-electron chi connectivity index (χ3n) is 1.91. The number of methoxy groups -OCH3 is 3. The molecule has 5 heteroatoms. The second-order valence-electron chi connectivity index (χ2n) is 2.75. The Morgan fingerprint density at radius 3 is 2.60 bits per heavy atom. The Hall–Kier alpha value is -1.78. The first-order chi connectivity index (χ1) is 7.22. The van der Waals surface area contributed by atoms with E-state index in [1.807, 2.05) is 0 Å². The number of hydrogen-bond acceptors (Lipinski definition) is 5. The van der Waals surface area contributed by atoms with E-state index in [0.717, 1.165) is 0 Å². The Morgan fingerprint density at radius 1 is 1.33 bits per heavy atom. The molecule has 0 aliphatic rings. The molecule has 82 valence electrons. The minimum atomic E-state index is -0.367. The van der Waals surface area contributed by atoms with Gasteiger partial charge in [0.15, 0.2) is 11.5 Å². The number of hydrogen-bond donors (Lipinski definition) is 0. The lowest BCUT2D eigenvalue weighted by Crippen LogP contribution is -2.08. The molecule has 0 aromatic carbocycles. The fourth-order valence-electron chi connectivity index (χ4n) is 1.19. The molecule has 0 aliphatic carbocycles. The fraction of sp³-hybridized carbons (Fsp3) is 0.400. The van der Waals surface area contributed by atoms with Crippen LogP contribution in [0.15, 0.2) is 12.3 Å². The number of rotatable bonds is 4. The van der Waals surface area contributed by atoms with Gasteiger partial charge in [0.2, 0.25) is 0 Å². The van der Waals surface area contributed by atoms with Crippen molar-refractivity contribution in [1.29, 1.82) is 0 Å². The topological polar surface area (TPSA) is 57.7 Å². The van der Waals surface area contributed by atoms with Crippen LogP contribution in [0.25, 0.3) is 0 Å². The van der Waals surface area contributed by atoms with Crippen LogP contribution in [0, 0.1) is 0 Å². The van der Waals surface area contributed by atoms with Gasteiger partial charge in [-0.3, -0.25) is 9.78 Å². The Kier molecular flexibility index (Phi) is 3.91. The molecular formula is C10H13NO4. The molecule has 0 N–H and O–H groups in total. The van der Waals surface area contributed by atoms with Crippen molar-refractivity contribution in [2.75, 3.05) is 21.3 Å². The van der Waals surface area contributed by atoms with Crippen molar-refractivity contribution in [3.63, 3.8) is 0 Å². The van der Waals surface area contributed by atoms with Gasteiger partial charge in [-0.05, 0) is 0 Å². The van der Waals surface area contributed by atoms with Crippen LogP contribution in [0.3, 0.4) is 0 Å². The van der Waals surface area contributed by atoms with Crippen LogP contribution < -0.4 is 9.47 Å². The van der Waals surface area contributed by atoms with E-state index in [4.69, 9.17) is 9.47 Å². The van der Waals surface area contributed by atoms with Crippen LogP contribution >= 0.6 is 0 Å². The first-order valence-corrected chi connectivity index (χ1v) is 4.35. The van der Waals surface area contributed by atoms with Gasteiger partial charge in [-0.1, -0.05) is 0 Å². The number of carbonyl (C=O) groups is 1. The molecule has 15 heavy (non-hydrogen) atoms. The highest BCUT2D eigenvalue weighted by atomic mass is 16.5. The van der Waals surface area contributed by atoms with Crippen molar-refractivity contribution >= 4 is 5.97 Å². The maximum absolute atomic E-state index is 11.1. The Morgan fingerprint density at radius 2 is 2.07 bits per heavy atom. The number of ether oxygens (including phenoxy) is 3. The van der Waals surface area contributed by atoms with Crippen molar-refractivity contribution in [2.24, 2.45) is 0 Å². The molecule has 1 aromatic rings. The highest BCUT2D eigenvalue weighted by Gasteiger charge is 2.14. The summed E-state index contributed by atoms with van der Waals surface area (Å²) in [6.45, 7) is 0. The molecule has 0 aliphatic heterocycles. The molecular weight excluding hydrogens is 198 g/mol. The molecule has 0 saturated heterocycles. The summed E-state index contributed by atoms with van der Waals surface area (Å²) >= 11 is 0. The third kappa shape index (κ3) is 2.59. The summed E-state index contributed by atoms with van der Waals surface area (Å²) in [5.74, 6) is 0.644. The van der Waals surface area contributed by atoms with Gasteiger partial charge in [-0.25, -0.2) is 0 Å². The molecule has 0 radical (unpaired) electrons. The molecule has 5 nitrogen and oxygen atoms in total. The van der Waals surface area contributed by atoms with Crippen molar-refractivity contribution in [3.05, 3.63) is 18.0 Å². The van der Waals surface area contributed by atoms with E-state index in [9.17, 15) is 4.79 Å². The average Bonchev–Trinajstić information content (AvgIpc) is 2.28. The van der Waals surface area contributed by atoms with Crippen molar-refractivity contribution < 1.29 is 19.0 Å². The van der Waals surface area contributed by atoms with Crippen molar-refractivity contribution in [3.8, 4) is 11.5 Å². The summed E-state index contributed by atoms with van der Waals surface area (Å²) in [5, 5.41) is 0. The van der Waals surface area contributed by atoms with Crippen molar-refractivity contribution in [2.45, 2.75) is 6.42 Å². The quantitative estimate of drug-likeness (QED) is 0.690. The minimum Gasteiger partial charge on any atom is -0.493 e. The zero-order valence-electron chi connectivity index (χ0n) is 8.94. The molecule has 0 amide bonds. The van der Waals surface area contributed by atoms with Gasteiger partial charge < -0.3 is 14.2 Å². The van der Waals surface area contributed by atoms with Gasteiger partial charge >= 0.3 is 5.97 Å². The van der Waals surface area contributed by atoms with Crippen LogP contribution in [-0.2, 0) is 16.0 Å². The summed E-state index contributed by atoms with van der Waals surface area (Å²) in [5.41, 5.74) is 0.503. The van der Waals surface area contributed by atoms with E-state index in [0.29, 0.717) is 17.2 Å². The normalized spacial score (nSPS) is 9.53. The minimum absolute atomic E-state index is 0.0663. The van der Waals surface area contributed by atoms with Gasteiger partial charge in [0.25, 0.3) is 0 Å². The molecule has 0 bridgehead atoms. The van der Waals surface area contributed by atoms with Gasteiger partial charge in [-0.15, -0.1) is 0 Å². The Labute approximate surface area is 88.0 Å². The molecule has 0 spiro atoms. The van der Waals surface area contributed by atoms with E-state index >= 15 is 0 Å². The second kappa shape index (κ2) is 5.19. The van der Waals surface area contributed by atoms with Gasteiger partial charge in [0.05, 0.1) is 33.4 Å². The SMILES string of the molecule is COC(=O)Cc1nccc(OC)c1OC. The molecule has 0 atom stereocenters. The number of esters is 1. The number of nitrogens with zero attached hydrogens (tertiary/aromatic N) is 1. The zero-order chi connectivity index (χ0) is 11.3. The average molecular weight is 211 g/mol. The maximum Gasteiger partial charge on any atom is 0.311 e. The van der Waals surface area contributed by atoms with E-state index in [1.165, 1.54) is 21.3 Å². The van der Waals surface area contributed by atoms with E-state index in [2.05, 4.69) is 9.72 Å². The van der Waals surface area contributed by atoms with Crippen LogP contribution in [-0.4, -0.2) is 32.3 Å². The molecule has 1 heterocycles. The Balaban J connectivity index is 3.00. The largest absolute Gasteiger partial charge is 0.493 e. The number of carbonyl (C=O) groups excluding carboxylic acids is 1. The molecule has 0 saturated carbocycles. The molecule has 1 rings (SSSR count). The smallest absolute Gasteiger partial charge is 0.311 e. The maximum atomic E-state index is 11.1. The van der Waals surface area contributed by atoms with Crippen LogP contribution in [0.4, 0.5) is 0 Å². The highest BCUT2D eigenvalue weighted by Crippen LogP contribution is 2.29. The summed E-state index contributed by atoms with van der Waals surface area (Å²) in [4.78, 5) is 15.1. The highest BCUT2D eigenvalue weighted by molar-refractivity contribution is 5.73. The van der Waals surface area contributed by atoms with Crippen LogP contribution in [0.1, 0.15) is 5.69 Å². The van der Waals surface area contributed by atoms with Crippen LogP contribution in [0.2, 0.25) is 0 Å². The lowest BCUT2D eigenvalue weighted by Gasteiger charge is -2.10. The molecule has 0 fully saturated rings. The summed E-state index contributed by atoms with van der Waals surface area (Å²) < 4.78 is 14.7. The van der Waals surface area contributed by atoms with E-state index in [-0.39, 0.29) is 12.4 Å². The Bertz CT molecular complexity index is 351. The predicted molar refractivity (Wildman–Crippen MR) is 53.1 cm³/mol. The lowest BCUT2D eigenvalue weighted by molar-refractivity contribution is -0.139. The summed E-state index contributed by atoms with van der Waals surface area (Å²) in [6, 6.07) is 1.67. The van der Waals surface area contributed by atoms with E-state index < -0.39 is 0 Å². The number of aromatic nitrogens is 1. The predicted octanol–water partition coefficient (Wildman–Crippen LogP) is 0.814. The molecule has 1 aromatic heterocycles. The van der Waals surface area contributed by atoms with Crippen LogP contribution in [0.5, 0.6) is 11.5 Å². The zero-order valence-corrected chi connectivity index (χ0v) is 8.94. The molecule has 0 unspecified atom stereocenters. The number of pyridine rings is 1.